The lowest BCUT2D eigenvalue weighted by Crippen LogP contribution is -2.41. The van der Waals surface area contributed by atoms with Gasteiger partial charge in [0.15, 0.2) is 0 Å². The highest BCUT2D eigenvalue weighted by atomic mass is 32.2. The summed E-state index contributed by atoms with van der Waals surface area (Å²) < 4.78 is 5.27. The Balaban J connectivity index is 2.60. The summed E-state index contributed by atoms with van der Waals surface area (Å²) in [7, 11) is 1.61. The molecule has 5 nitrogen and oxygen atoms in total. The van der Waals surface area contributed by atoms with E-state index in [1.54, 1.807) is 7.11 Å². The molecule has 2 N–H and O–H groups in total. The third-order valence-electron chi connectivity index (χ3n) is 2.65. The van der Waals surface area contributed by atoms with Crippen molar-refractivity contribution in [2.24, 2.45) is 0 Å². The van der Waals surface area contributed by atoms with Crippen molar-refractivity contribution in [3.63, 3.8) is 0 Å². The summed E-state index contributed by atoms with van der Waals surface area (Å²) in [6.45, 7) is 3.30. The number of carbonyl (C=O) groups excluding carboxylic acids is 1. The quantitative estimate of drug-likeness (QED) is 0.803. The number of thioether (sulfide) groups is 1. The number of carboxylic acid groups (broad SMARTS) is 1. The molecule has 0 saturated heterocycles. The maximum Gasteiger partial charge on any atom is 0.327 e. The highest BCUT2D eigenvalue weighted by Gasteiger charge is 2.18. The van der Waals surface area contributed by atoms with E-state index in [-0.39, 0.29) is 5.91 Å². The molecule has 1 amide bonds. The Bertz CT molecular complexity index is 490. The SMILES string of the molecule is COc1ccc(C)cc1CSCC(NC(C)=O)C(=O)O. The maximum absolute atomic E-state index is 11.0. The normalized spacial score (nSPS) is 11.8. The Morgan fingerprint density at radius 1 is 1.45 bits per heavy atom. The van der Waals surface area contributed by atoms with E-state index >= 15 is 0 Å². The number of benzene rings is 1. The second-order valence-corrected chi connectivity index (χ2v) is 5.45. The predicted octanol–water partition coefficient (Wildman–Crippen LogP) is 1.83. The summed E-state index contributed by atoms with van der Waals surface area (Å²) in [6, 6.07) is 5.01. The van der Waals surface area contributed by atoms with E-state index in [1.165, 1.54) is 18.7 Å². The minimum Gasteiger partial charge on any atom is -0.496 e. The van der Waals surface area contributed by atoms with Crippen molar-refractivity contribution in [3.8, 4) is 5.75 Å². The van der Waals surface area contributed by atoms with Crippen LogP contribution in [0.3, 0.4) is 0 Å². The lowest BCUT2D eigenvalue weighted by Gasteiger charge is -2.14. The van der Waals surface area contributed by atoms with Crippen molar-refractivity contribution in [1.82, 2.24) is 5.32 Å². The fraction of sp³-hybridized carbons (Fsp3) is 0.429. The van der Waals surface area contributed by atoms with Crippen LogP contribution < -0.4 is 10.1 Å². The van der Waals surface area contributed by atoms with E-state index in [0.29, 0.717) is 11.5 Å². The molecular formula is C14H19NO4S. The van der Waals surface area contributed by atoms with E-state index < -0.39 is 12.0 Å². The molecule has 0 aliphatic carbocycles. The molecule has 110 valence electrons. The number of hydrogen-bond acceptors (Lipinski definition) is 4. The summed E-state index contributed by atoms with van der Waals surface area (Å²) in [5.74, 6) is 0.366. The van der Waals surface area contributed by atoms with E-state index in [1.807, 2.05) is 25.1 Å². The van der Waals surface area contributed by atoms with Gasteiger partial charge in [-0.05, 0) is 13.0 Å². The molecule has 1 aromatic carbocycles. The monoisotopic (exact) mass is 297 g/mol. The van der Waals surface area contributed by atoms with Crippen molar-refractivity contribution >= 4 is 23.6 Å². The number of amides is 1. The number of aliphatic carboxylic acids is 1. The van der Waals surface area contributed by atoms with Gasteiger partial charge in [-0.25, -0.2) is 4.79 Å². The van der Waals surface area contributed by atoms with Crippen LogP contribution in [0.25, 0.3) is 0 Å². The van der Waals surface area contributed by atoms with Gasteiger partial charge in [-0.15, -0.1) is 0 Å². The minimum absolute atomic E-state index is 0.312. The second-order valence-electron chi connectivity index (χ2n) is 4.42. The molecule has 0 aliphatic rings. The number of ether oxygens (including phenoxy) is 1. The Morgan fingerprint density at radius 3 is 2.70 bits per heavy atom. The number of carbonyl (C=O) groups is 2. The standard InChI is InChI=1S/C14H19NO4S/c1-9-4-5-13(19-3)11(6-9)7-20-8-12(14(17)18)15-10(2)16/h4-6,12H,7-8H2,1-3H3,(H,15,16)(H,17,18). The van der Waals surface area contributed by atoms with Crippen molar-refractivity contribution in [1.29, 1.82) is 0 Å². The van der Waals surface area contributed by atoms with Crippen LogP contribution in [0.1, 0.15) is 18.1 Å². The van der Waals surface area contributed by atoms with Crippen LogP contribution in [0, 0.1) is 6.92 Å². The zero-order valence-electron chi connectivity index (χ0n) is 11.8. The Labute approximate surface area is 122 Å². The first-order valence-corrected chi connectivity index (χ1v) is 7.30. The molecule has 1 unspecified atom stereocenters. The molecule has 0 spiro atoms. The molecule has 0 bridgehead atoms. The van der Waals surface area contributed by atoms with E-state index in [4.69, 9.17) is 9.84 Å². The van der Waals surface area contributed by atoms with Crippen LogP contribution in [-0.2, 0) is 15.3 Å². The molecule has 0 fully saturated rings. The Morgan fingerprint density at radius 2 is 2.15 bits per heavy atom. The summed E-state index contributed by atoms with van der Waals surface area (Å²) in [6.07, 6.45) is 0. The maximum atomic E-state index is 11.0. The Hall–Kier alpha value is -1.69. The first kappa shape index (κ1) is 16.4. The van der Waals surface area contributed by atoms with Crippen LogP contribution >= 0.6 is 11.8 Å². The number of carboxylic acids is 1. The lowest BCUT2D eigenvalue weighted by molar-refractivity contribution is -0.140. The molecule has 1 rings (SSSR count). The molecule has 1 atom stereocenters. The summed E-state index contributed by atoms with van der Waals surface area (Å²) in [4.78, 5) is 21.9. The molecule has 1 aromatic rings. The van der Waals surface area contributed by atoms with Gasteiger partial charge in [0.25, 0.3) is 0 Å². The van der Waals surface area contributed by atoms with Crippen LogP contribution in [-0.4, -0.2) is 35.9 Å². The predicted molar refractivity (Wildman–Crippen MR) is 79.1 cm³/mol. The number of hydrogen-bond donors (Lipinski definition) is 2. The molecule has 0 saturated carbocycles. The largest absolute Gasteiger partial charge is 0.496 e. The summed E-state index contributed by atoms with van der Waals surface area (Å²) in [5, 5.41) is 11.4. The van der Waals surface area contributed by atoms with Gasteiger partial charge in [0.05, 0.1) is 7.11 Å². The highest BCUT2D eigenvalue weighted by molar-refractivity contribution is 7.98. The average Bonchev–Trinajstić information content (AvgIpc) is 2.37. The minimum atomic E-state index is -1.02. The van der Waals surface area contributed by atoms with Gasteiger partial charge in [-0.1, -0.05) is 17.7 Å². The number of aryl methyl sites for hydroxylation is 1. The zero-order valence-corrected chi connectivity index (χ0v) is 12.6. The first-order chi connectivity index (χ1) is 9.43. The van der Waals surface area contributed by atoms with Gasteiger partial charge in [0, 0.05) is 24.0 Å². The van der Waals surface area contributed by atoms with Gasteiger partial charge in [0.2, 0.25) is 5.91 Å². The molecule has 0 aromatic heterocycles. The highest BCUT2D eigenvalue weighted by Crippen LogP contribution is 2.24. The van der Waals surface area contributed by atoms with Gasteiger partial charge in [0.1, 0.15) is 11.8 Å². The van der Waals surface area contributed by atoms with Crippen molar-refractivity contribution in [2.75, 3.05) is 12.9 Å². The summed E-state index contributed by atoms with van der Waals surface area (Å²) in [5.41, 5.74) is 2.14. The van der Waals surface area contributed by atoms with Crippen LogP contribution in [0.15, 0.2) is 18.2 Å². The second kappa shape index (κ2) is 7.79. The van der Waals surface area contributed by atoms with E-state index in [2.05, 4.69) is 5.32 Å². The molecule has 0 heterocycles. The first-order valence-electron chi connectivity index (χ1n) is 6.15. The smallest absolute Gasteiger partial charge is 0.327 e. The summed E-state index contributed by atoms with van der Waals surface area (Å²) >= 11 is 1.45. The van der Waals surface area contributed by atoms with Crippen LogP contribution in [0.2, 0.25) is 0 Å². The molecule has 6 heteroatoms. The van der Waals surface area contributed by atoms with Crippen molar-refractivity contribution < 1.29 is 19.4 Å². The Kier molecular flexibility index (Phi) is 6.38. The van der Waals surface area contributed by atoms with E-state index in [0.717, 1.165) is 16.9 Å². The average molecular weight is 297 g/mol. The van der Waals surface area contributed by atoms with Crippen molar-refractivity contribution in [2.45, 2.75) is 25.6 Å². The molecule has 0 radical (unpaired) electrons. The van der Waals surface area contributed by atoms with Crippen LogP contribution in [0.4, 0.5) is 0 Å². The van der Waals surface area contributed by atoms with Gasteiger partial charge < -0.3 is 15.2 Å². The molecular weight excluding hydrogens is 278 g/mol. The van der Waals surface area contributed by atoms with Gasteiger partial charge in [-0.2, -0.15) is 11.8 Å². The topological polar surface area (TPSA) is 75.6 Å². The third-order valence-corrected chi connectivity index (χ3v) is 3.74. The van der Waals surface area contributed by atoms with E-state index in [9.17, 15) is 9.59 Å². The fourth-order valence-electron chi connectivity index (χ4n) is 1.73. The number of rotatable bonds is 7. The van der Waals surface area contributed by atoms with Crippen molar-refractivity contribution in [3.05, 3.63) is 29.3 Å². The van der Waals surface area contributed by atoms with Gasteiger partial charge >= 0.3 is 5.97 Å². The molecule has 0 aliphatic heterocycles. The number of methoxy groups -OCH3 is 1. The molecule has 20 heavy (non-hydrogen) atoms. The van der Waals surface area contributed by atoms with Crippen LogP contribution in [0.5, 0.6) is 5.75 Å². The number of nitrogens with one attached hydrogen (secondary N) is 1. The fourth-order valence-corrected chi connectivity index (χ4v) is 2.75. The third kappa shape index (κ3) is 5.13. The van der Waals surface area contributed by atoms with Gasteiger partial charge in [-0.3, -0.25) is 4.79 Å². The lowest BCUT2D eigenvalue weighted by atomic mass is 10.1. The zero-order chi connectivity index (χ0) is 15.1.